The van der Waals surface area contributed by atoms with Crippen molar-refractivity contribution in [3.8, 4) is 5.75 Å². The molecular formula is C20H28N2O4. The van der Waals surface area contributed by atoms with E-state index in [1.165, 1.54) is 6.42 Å². The van der Waals surface area contributed by atoms with Gasteiger partial charge in [0, 0.05) is 12.6 Å². The van der Waals surface area contributed by atoms with Crippen molar-refractivity contribution in [1.82, 2.24) is 5.32 Å². The first kappa shape index (κ1) is 18.7. The Labute approximate surface area is 154 Å². The molecule has 1 amide bonds. The molecule has 4 unspecified atom stereocenters. The van der Waals surface area contributed by atoms with Gasteiger partial charge in [-0.05, 0) is 62.1 Å². The lowest BCUT2D eigenvalue weighted by atomic mass is 9.84. The van der Waals surface area contributed by atoms with Crippen LogP contribution in [-0.4, -0.2) is 37.7 Å². The fraction of sp³-hybridized carbons (Fsp3) is 0.600. The highest BCUT2D eigenvalue weighted by Gasteiger charge is 2.48. The Bertz CT molecular complexity index is 629. The van der Waals surface area contributed by atoms with Gasteiger partial charge in [-0.15, -0.1) is 0 Å². The zero-order valence-electron chi connectivity index (χ0n) is 15.3. The predicted octanol–water partition coefficient (Wildman–Crippen LogP) is 1.66. The summed E-state index contributed by atoms with van der Waals surface area (Å²) in [6.45, 7) is 2.62. The first-order chi connectivity index (χ1) is 12.6. The fourth-order valence-corrected chi connectivity index (χ4v) is 4.27. The third-order valence-corrected chi connectivity index (χ3v) is 5.58. The first-order valence-corrected chi connectivity index (χ1v) is 9.49. The smallest absolute Gasteiger partial charge is 0.344 e. The molecule has 2 aliphatic carbocycles. The van der Waals surface area contributed by atoms with Crippen molar-refractivity contribution in [1.29, 1.82) is 0 Å². The number of benzene rings is 1. The number of hydrogen-bond donors (Lipinski definition) is 2. The zero-order chi connectivity index (χ0) is 18.5. The van der Waals surface area contributed by atoms with Crippen LogP contribution in [0.5, 0.6) is 5.75 Å². The number of amides is 1. The fourth-order valence-electron chi connectivity index (χ4n) is 4.27. The Balaban J connectivity index is 1.39. The van der Waals surface area contributed by atoms with Crippen molar-refractivity contribution >= 4 is 11.9 Å². The van der Waals surface area contributed by atoms with Crippen LogP contribution in [-0.2, 0) is 20.7 Å². The molecular weight excluding hydrogens is 332 g/mol. The van der Waals surface area contributed by atoms with Crippen LogP contribution in [0.1, 0.15) is 31.7 Å². The molecule has 1 aromatic carbocycles. The van der Waals surface area contributed by atoms with Gasteiger partial charge in [0.1, 0.15) is 5.75 Å². The molecule has 3 rings (SSSR count). The van der Waals surface area contributed by atoms with Crippen LogP contribution in [0.4, 0.5) is 0 Å². The molecule has 2 bridgehead atoms. The Hall–Kier alpha value is -2.08. The standard InChI is InChI=1S/C20H28N2O4/c1-2-25-17(23)12-26-16-7-3-13(4-8-16)9-10-22-20(24)18-14-5-6-15(11-14)19(18)21/h3-4,7-8,14-15,18-19H,2,5-6,9-12,21H2,1H3,(H,22,24). The van der Waals surface area contributed by atoms with Gasteiger partial charge in [-0.25, -0.2) is 4.79 Å². The van der Waals surface area contributed by atoms with Gasteiger partial charge in [-0.3, -0.25) is 4.79 Å². The third kappa shape index (κ3) is 4.36. The van der Waals surface area contributed by atoms with Gasteiger partial charge in [0.2, 0.25) is 5.91 Å². The average molecular weight is 360 g/mol. The second-order valence-corrected chi connectivity index (χ2v) is 7.22. The second kappa shape index (κ2) is 8.54. The van der Waals surface area contributed by atoms with Crippen LogP contribution < -0.4 is 15.8 Å². The minimum atomic E-state index is -0.377. The van der Waals surface area contributed by atoms with Gasteiger partial charge in [0.25, 0.3) is 0 Å². The maximum absolute atomic E-state index is 12.4. The summed E-state index contributed by atoms with van der Waals surface area (Å²) >= 11 is 0. The predicted molar refractivity (Wildman–Crippen MR) is 97.6 cm³/mol. The van der Waals surface area contributed by atoms with Crippen LogP contribution in [0.25, 0.3) is 0 Å². The summed E-state index contributed by atoms with van der Waals surface area (Å²) in [5.41, 5.74) is 7.33. The zero-order valence-corrected chi connectivity index (χ0v) is 15.3. The van der Waals surface area contributed by atoms with Crippen molar-refractivity contribution in [2.24, 2.45) is 23.5 Å². The highest BCUT2D eigenvalue weighted by atomic mass is 16.6. The molecule has 4 atom stereocenters. The van der Waals surface area contributed by atoms with Gasteiger partial charge in [0.15, 0.2) is 6.61 Å². The molecule has 0 heterocycles. The number of hydrogen-bond acceptors (Lipinski definition) is 5. The number of nitrogens with one attached hydrogen (secondary N) is 1. The minimum Gasteiger partial charge on any atom is -0.482 e. The molecule has 2 aliphatic rings. The second-order valence-electron chi connectivity index (χ2n) is 7.22. The van der Waals surface area contributed by atoms with Crippen molar-refractivity contribution < 1.29 is 19.1 Å². The highest BCUT2D eigenvalue weighted by molar-refractivity contribution is 5.80. The van der Waals surface area contributed by atoms with Gasteiger partial charge in [0.05, 0.1) is 12.5 Å². The van der Waals surface area contributed by atoms with E-state index in [0.29, 0.717) is 30.7 Å². The van der Waals surface area contributed by atoms with Gasteiger partial charge in [-0.2, -0.15) is 0 Å². The van der Waals surface area contributed by atoms with Crippen molar-refractivity contribution in [2.75, 3.05) is 19.8 Å². The van der Waals surface area contributed by atoms with E-state index in [1.54, 1.807) is 6.92 Å². The van der Waals surface area contributed by atoms with Gasteiger partial charge in [-0.1, -0.05) is 12.1 Å². The lowest BCUT2D eigenvalue weighted by Crippen LogP contribution is -2.45. The summed E-state index contributed by atoms with van der Waals surface area (Å²) in [4.78, 5) is 23.7. The lowest BCUT2D eigenvalue weighted by molar-refractivity contribution is -0.145. The SMILES string of the molecule is CCOC(=O)COc1ccc(CCNC(=O)C2C3CCC(C3)C2N)cc1. The molecule has 26 heavy (non-hydrogen) atoms. The summed E-state index contributed by atoms with van der Waals surface area (Å²) in [5, 5.41) is 3.05. The number of carbonyl (C=O) groups is 2. The molecule has 0 saturated heterocycles. The van der Waals surface area contributed by atoms with Crippen molar-refractivity contribution in [3.05, 3.63) is 29.8 Å². The maximum atomic E-state index is 12.4. The van der Waals surface area contributed by atoms with E-state index in [4.69, 9.17) is 15.2 Å². The third-order valence-electron chi connectivity index (χ3n) is 5.58. The highest BCUT2D eigenvalue weighted by Crippen LogP contribution is 2.47. The number of rotatable bonds is 8. The molecule has 1 aromatic rings. The summed E-state index contributed by atoms with van der Waals surface area (Å²) < 4.78 is 10.2. The molecule has 142 valence electrons. The van der Waals surface area contributed by atoms with E-state index in [0.717, 1.165) is 24.8 Å². The van der Waals surface area contributed by atoms with E-state index in [-0.39, 0.29) is 30.4 Å². The van der Waals surface area contributed by atoms with E-state index < -0.39 is 0 Å². The number of nitrogens with two attached hydrogens (primary N) is 1. The Kier molecular flexibility index (Phi) is 6.14. The quantitative estimate of drug-likeness (QED) is 0.688. The lowest BCUT2D eigenvalue weighted by Gasteiger charge is -2.27. The molecule has 2 fully saturated rings. The van der Waals surface area contributed by atoms with E-state index in [2.05, 4.69) is 5.32 Å². The Morgan fingerprint density at radius 2 is 1.92 bits per heavy atom. The van der Waals surface area contributed by atoms with Crippen LogP contribution in [0, 0.1) is 17.8 Å². The molecule has 2 saturated carbocycles. The van der Waals surface area contributed by atoms with Crippen LogP contribution >= 0.6 is 0 Å². The summed E-state index contributed by atoms with van der Waals surface area (Å²) in [5.74, 6) is 1.37. The number of carbonyl (C=O) groups excluding carboxylic acids is 2. The van der Waals surface area contributed by atoms with Gasteiger partial charge < -0.3 is 20.5 Å². The molecule has 0 aliphatic heterocycles. The average Bonchev–Trinajstić information content (AvgIpc) is 3.22. The van der Waals surface area contributed by atoms with E-state index in [9.17, 15) is 9.59 Å². The van der Waals surface area contributed by atoms with Crippen molar-refractivity contribution in [3.63, 3.8) is 0 Å². The Morgan fingerprint density at radius 1 is 1.19 bits per heavy atom. The molecule has 0 aromatic heterocycles. The van der Waals surface area contributed by atoms with Crippen LogP contribution in [0.15, 0.2) is 24.3 Å². The number of ether oxygens (including phenoxy) is 2. The molecule has 3 N–H and O–H groups in total. The van der Waals surface area contributed by atoms with Gasteiger partial charge >= 0.3 is 5.97 Å². The Morgan fingerprint density at radius 3 is 2.58 bits per heavy atom. The van der Waals surface area contributed by atoms with E-state index >= 15 is 0 Å². The van der Waals surface area contributed by atoms with E-state index in [1.807, 2.05) is 24.3 Å². The monoisotopic (exact) mass is 360 g/mol. The van der Waals surface area contributed by atoms with Crippen LogP contribution in [0.2, 0.25) is 0 Å². The summed E-state index contributed by atoms with van der Waals surface area (Å²) in [6.07, 6.45) is 4.19. The summed E-state index contributed by atoms with van der Waals surface area (Å²) in [7, 11) is 0. The molecule has 6 nitrogen and oxygen atoms in total. The minimum absolute atomic E-state index is 0.00703. The maximum Gasteiger partial charge on any atom is 0.344 e. The molecule has 0 spiro atoms. The van der Waals surface area contributed by atoms with Crippen LogP contribution in [0.3, 0.4) is 0 Å². The first-order valence-electron chi connectivity index (χ1n) is 9.49. The number of fused-ring (bicyclic) bond motifs is 2. The van der Waals surface area contributed by atoms with Crippen molar-refractivity contribution in [2.45, 2.75) is 38.6 Å². The molecule has 6 heteroatoms. The normalized spacial score (nSPS) is 26.5. The topological polar surface area (TPSA) is 90.6 Å². The largest absolute Gasteiger partial charge is 0.482 e. The number of esters is 1. The summed E-state index contributed by atoms with van der Waals surface area (Å²) in [6, 6.07) is 7.56. The molecule has 0 radical (unpaired) electrons.